The maximum Gasteiger partial charge on any atom is 0.231 e. The number of phenols is 2. The molecule has 1 aliphatic rings. The van der Waals surface area contributed by atoms with E-state index in [1.54, 1.807) is 19.1 Å². The van der Waals surface area contributed by atoms with Gasteiger partial charge in [-0.15, -0.1) is 0 Å². The average Bonchev–Trinajstić information content (AvgIpc) is 3.18. The first-order valence-electron chi connectivity index (χ1n) is 7.53. The highest BCUT2D eigenvalue weighted by Crippen LogP contribution is 2.43. The Morgan fingerprint density at radius 3 is 2.67 bits per heavy atom. The van der Waals surface area contributed by atoms with Crippen molar-refractivity contribution in [3.05, 3.63) is 41.6 Å². The van der Waals surface area contributed by atoms with Crippen LogP contribution in [0.3, 0.4) is 0 Å². The third-order valence-electron chi connectivity index (χ3n) is 4.27. The molecule has 0 bridgehead atoms. The Hall–Kier alpha value is -3.15. The molecule has 2 aromatic carbocycles. The van der Waals surface area contributed by atoms with Gasteiger partial charge in [-0.3, -0.25) is 5.10 Å². The fourth-order valence-electron chi connectivity index (χ4n) is 2.91. The lowest BCUT2D eigenvalue weighted by Crippen LogP contribution is -1.92. The Morgan fingerprint density at radius 1 is 1.04 bits per heavy atom. The number of ether oxygens (including phenoxy) is 2. The predicted octanol–water partition coefficient (Wildman–Crippen LogP) is 3.50. The molecular formula is C18H16N2O4. The van der Waals surface area contributed by atoms with E-state index in [-0.39, 0.29) is 18.3 Å². The van der Waals surface area contributed by atoms with Crippen LogP contribution in [0.15, 0.2) is 30.3 Å². The summed E-state index contributed by atoms with van der Waals surface area (Å²) < 4.78 is 10.8. The molecule has 1 aromatic heterocycles. The van der Waals surface area contributed by atoms with E-state index in [1.807, 2.05) is 25.1 Å². The molecule has 1 aliphatic heterocycles. The largest absolute Gasteiger partial charge is 0.508 e. The summed E-state index contributed by atoms with van der Waals surface area (Å²) in [5, 5.41) is 27.5. The summed E-state index contributed by atoms with van der Waals surface area (Å²) in [5.74, 6) is 1.46. The van der Waals surface area contributed by atoms with E-state index in [0.29, 0.717) is 28.3 Å². The number of aromatic nitrogens is 2. The maximum absolute atomic E-state index is 10.4. The van der Waals surface area contributed by atoms with Gasteiger partial charge in [0.1, 0.15) is 17.2 Å². The minimum atomic E-state index is 0.0171. The lowest BCUT2D eigenvalue weighted by Gasteiger charge is -2.10. The number of aromatic hydroxyl groups is 2. The zero-order valence-electron chi connectivity index (χ0n) is 13.3. The zero-order valence-corrected chi connectivity index (χ0v) is 13.3. The number of phenolic OH excluding ortho intramolecular Hbond substituents is 2. The first kappa shape index (κ1) is 14.4. The third kappa shape index (κ3) is 2.07. The number of aryl methyl sites for hydroxylation is 1. The maximum atomic E-state index is 10.4. The molecule has 0 amide bonds. The van der Waals surface area contributed by atoms with Gasteiger partial charge in [-0.25, -0.2) is 0 Å². The number of fused-ring (bicyclic) bond motifs is 1. The molecule has 0 aliphatic carbocycles. The van der Waals surface area contributed by atoms with E-state index in [2.05, 4.69) is 10.2 Å². The van der Waals surface area contributed by atoms with E-state index in [9.17, 15) is 10.2 Å². The first-order valence-corrected chi connectivity index (χ1v) is 7.53. The highest BCUT2D eigenvalue weighted by Gasteiger charge is 2.21. The molecule has 0 spiro atoms. The predicted molar refractivity (Wildman–Crippen MR) is 88.4 cm³/mol. The van der Waals surface area contributed by atoms with Crippen molar-refractivity contribution in [2.24, 2.45) is 0 Å². The summed E-state index contributed by atoms with van der Waals surface area (Å²) in [6, 6.07) is 8.89. The zero-order chi connectivity index (χ0) is 16.8. The van der Waals surface area contributed by atoms with E-state index >= 15 is 0 Å². The van der Waals surface area contributed by atoms with Crippen LogP contribution in [0.2, 0.25) is 0 Å². The molecule has 0 unspecified atom stereocenters. The Morgan fingerprint density at radius 2 is 1.83 bits per heavy atom. The van der Waals surface area contributed by atoms with Crippen molar-refractivity contribution in [3.63, 3.8) is 0 Å². The molecule has 0 saturated carbocycles. The van der Waals surface area contributed by atoms with E-state index in [4.69, 9.17) is 9.47 Å². The van der Waals surface area contributed by atoms with Crippen LogP contribution in [0.5, 0.6) is 23.0 Å². The molecule has 0 saturated heterocycles. The monoisotopic (exact) mass is 324 g/mol. The van der Waals surface area contributed by atoms with Gasteiger partial charge >= 0.3 is 0 Å². The van der Waals surface area contributed by atoms with Crippen molar-refractivity contribution >= 4 is 0 Å². The Kier molecular flexibility index (Phi) is 3.13. The van der Waals surface area contributed by atoms with Crippen LogP contribution in [0.1, 0.15) is 11.3 Å². The van der Waals surface area contributed by atoms with Crippen LogP contribution in [-0.2, 0) is 0 Å². The van der Waals surface area contributed by atoms with Crippen LogP contribution in [-0.4, -0.2) is 27.2 Å². The standard InChI is InChI=1S/C18H16N2O4/c1-9-13(21)5-4-12(18(9)22)17-16(10(2)19-20-17)11-3-6-14-15(7-11)24-8-23-14/h3-7,21-22H,8H2,1-2H3,(H,19,20). The van der Waals surface area contributed by atoms with Crippen molar-refractivity contribution in [1.29, 1.82) is 0 Å². The summed E-state index contributed by atoms with van der Waals surface area (Å²) in [4.78, 5) is 0. The Labute approximate surface area is 138 Å². The summed E-state index contributed by atoms with van der Waals surface area (Å²) >= 11 is 0. The normalized spacial score (nSPS) is 12.6. The molecule has 4 rings (SSSR count). The van der Waals surface area contributed by atoms with Crippen molar-refractivity contribution in [2.75, 3.05) is 6.79 Å². The van der Waals surface area contributed by atoms with Crippen molar-refractivity contribution < 1.29 is 19.7 Å². The van der Waals surface area contributed by atoms with Gasteiger partial charge < -0.3 is 19.7 Å². The second kappa shape index (κ2) is 5.19. The average molecular weight is 324 g/mol. The number of benzene rings is 2. The van der Waals surface area contributed by atoms with Crippen LogP contribution in [0.4, 0.5) is 0 Å². The quantitative estimate of drug-likeness (QED) is 0.671. The summed E-state index contributed by atoms with van der Waals surface area (Å²) in [6.07, 6.45) is 0. The van der Waals surface area contributed by atoms with Crippen LogP contribution < -0.4 is 9.47 Å². The molecule has 122 valence electrons. The molecule has 0 radical (unpaired) electrons. The topological polar surface area (TPSA) is 87.6 Å². The minimum absolute atomic E-state index is 0.0171. The van der Waals surface area contributed by atoms with Crippen LogP contribution in [0.25, 0.3) is 22.4 Å². The number of rotatable bonds is 2. The highest BCUT2D eigenvalue weighted by molar-refractivity contribution is 5.86. The van der Waals surface area contributed by atoms with E-state index < -0.39 is 0 Å². The fourth-order valence-corrected chi connectivity index (χ4v) is 2.91. The number of hydrogen-bond acceptors (Lipinski definition) is 5. The molecule has 3 aromatic rings. The van der Waals surface area contributed by atoms with Crippen molar-refractivity contribution in [2.45, 2.75) is 13.8 Å². The first-order chi connectivity index (χ1) is 11.6. The van der Waals surface area contributed by atoms with E-state index in [1.165, 1.54) is 0 Å². The molecule has 24 heavy (non-hydrogen) atoms. The molecule has 0 atom stereocenters. The van der Waals surface area contributed by atoms with E-state index in [0.717, 1.165) is 16.8 Å². The number of nitrogens with one attached hydrogen (secondary N) is 1. The summed E-state index contributed by atoms with van der Waals surface area (Å²) in [7, 11) is 0. The fraction of sp³-hybridized carbons (Fsp3) is 0.167. The lowest BCUT2D eigenvalue weighted by atomic mass is 9.97. The second-order valence-corrected chi connectivity index (χ2v) is 5.75. The van der Waals surface area contributed by atoms with Gasteiger partial charge in [0.05, 0.1) is 0 Å². The third-order valence-corrected chi connectivity index (χ3v) is 4.27. The van der Waals surface area contributed by atoms with Crippen LogP contribution in [0, 0.1) is 13.8 Å². The summed E-state index contributed by atoms with van der Waals surface area (Å²) in [5.41, 5.74) is 4.24. The number of aromatic amines is 1. The highest BCUT2D eigenvalue weighted by atomic mass is 16.7. The van der Waals surface area contributed by atoms with Crippen molar-refractivity contribution in [1.82, 2.24) is 10.2 Å². The molecular weight excluding hydrogens is 308 g/mol. The van der Waals surface area contributed by atoms with Gasteiger partial charge in [0.25, 0.3) is 0 Å². The number of nitrogens with zero attached hydrogens (tertiary/aromatic N) is 1. The second-order valence-electron chi connectivity index (χ2n) is 5.75. The minimum Gasteiger partial charge on any atom is -0.508 e. The van der Waals surface area contributed by atoms with Gasteiger partial charge in [-0.2, -0.15) is 5.10 Å². The Balaban J connectivity index is 1.90. The summed E-state index contributed by atoms with van der Waals surface area (Å²) in [6.45, 7) is 3.79. The smallest absolute Gasteiger partial charge is 0.231 e. The van der Waals surface area contributed by atoms with Crippen molar-refractivity contribution in [3.8, 4) is 45.4 Å². The number of hydrogen-bond donors (Lipinski definition) is 3. The molecule has 0 fully saturated rings. The van der Waals surface area contributed by atoms with Gasteiger partial charge in [-0.05, 0) is 43.7 Å². The van der Waals surface area contributed by atoms with Gasteiger partial charge in [0.2, 0.25) is 6.79 Å². The van der Waals surface area contributed by atoms with Crippen LogP contribution >= 0.6 is 0 Å². The molecule has 6 heteroatoms. The molecule has 2 heterocycles. The SMILES string of the molecule is Cc1[nH]nc(-c2ccc(O)c(C)c2O)c1-c1ccc2c(c1)OCO2. The van der Waals surface area contributed by atoms with Gasteiger partial charge in [0, 0.05) is 22.4 Å². The van der Waals surface area contributed by atoms with Gasteiger partial charge in [0.15, 0.2) is 11.5 Å². The number of H-pyrrole nitrogens is 1. The molecule has 3 N–H and O–H groups in total. The Bertz CT molecular complexity index is 946. The molecule has 6 nitrogen and oxygen atoms in total. The van der Waals surface area contributed by atoms with Gasteiger partial charge in [-0.1, -0.05) is 6.07 Å². The lowest BCUT2D eigenvalue weighted by molar-refractivity contribution is 0.174.